The summed E-state index contributed by atoms with van der Waals surface area (Å²) >= 11 is 0. The third kappa shape index (κ3) is 3.61. The number of hydrogen-bond donors (Lipinski definition) is 0. The summed E-state index contributed by atoms with van der Waals surface area (Å²) in [5, 5.41) is 0. The second-order valence-electron chi connectivity index (χ2n) is 6.82. The molecule has 2 fully saturated rings. The highest BCUT2D eigenvalue weighted by molar-refractivity contribution is 5.95. The molecule has 0 saturated carbocycles. The molecule has 3 rings (SSSR count). The van der Waals surface area contributed by atoms with Gasteiger partial charge in [-0.1, -0.05) is 0 Å². The van der Waals surface area contributed by atoms with E-state index in [2.05, 4.69) is 4.90 Å². The number of rotatable bonds is 3. The van der Waals surface area contributed by atoms with Crippen LogP contribution < -0.4 is 0 Å². The Labute approximate surface area is 138 Å². The Morgan fingerprint density at radius 3 is 2.30 bits per heavy atom. The molecule has 1 amide bonds. The van der Waals surface area contributed by atoms with Gasteiger partial charge in [-0.15, -0.1) is 0 Å². The fourth-order valence-electron chi connectivity index (χ4n) is 3.92. The fourth-order valence-corrected chi connectivity index (χ4v) is 3.92. The summed E-state index contributed by atoms with van der Waals surface area (Å²) in [6.45, 7) is 7.69. The van der Waals surface area contributed by atoms with Crippen LogP contribution in [-0.2, 0) is 4.74 Å². The van der Waals surface area contributed by atoms with Crippen LogP contribution in [0.2, 0.25) is 0 Å². The second-order valence-corrected chi connectivity index (χ2v) is 6.82. The minimum atomic E-state index is 0.121. The number of carbonyl (C=O) groups is 1. The van der Waals surface area contributed by atoms with Crippen molar-refractivity contribution in [3.8, 4) is 0 Å². The van der Waals surface area contributed by atoms with Gasteiger partial charge in [-0.3, -0.25) is 4.79 Å². The summed E-state index contributed by atoms with van der Waals surface area (Å²) in [4.78, 5) is 17.2. The number of carbonyl (C=O) groups excluding carboxylic acids is 1. The van der Waals surface area contributed by atoms with Crippen LogP contribution in [0.15, 0.2) is 10.5 Å². The third-order valence-corrected chi connectivity index (χ3v) is 5.35. The lowest BCUT2D eigenvalue weighted by atomic mass is 9.98. The highest BCUT2D eigenvalue weighted by Crippen LogP contribution is 2.24. The molecule has 0 aliphatic carbocycles. The number of hydrogen-bond acceptors (Lipinski definition) is 4. The summed E-state index contributed by atoms with van der Waals surface area (Å²) in [5.41, 5.74) is 0.724. The van der Waals surface area contributed by atoms with Gasteiger partial charge in [0.15, 0.2) is 0 Å². The van der Waals surface area contributed by atoms with E-state index in [0.29, 0.717) is 12.1 Å². The predicted octanol–water partition coefficient (Wildman–Crippen LogP) is 2.61. The quantitative estimate of drug-likeness (QED) is 0.859. The number of aryl methyl sites for hydroxylation is 2. The lowest BCUT2D eigenvalue weighted by molar-refractivity contribution is 0.0145. The lowest BCUT2D eigenvalue weighted by Gasteiger charge is -2.41. The van der Waals surface area contributed by atoms with E-state index in [9.17, 15) is 4.79 Å². The Morgan fingerprint density at radius 2 is 1.78 bits per heavy atom. The molecule has 0 radical (unpaired) electrons. The molecule has 0 unspecified atom stereocenters. The van der Waals surface area contributed by atoms with Crippen molar-refractivity contribution in [2.24, 2.45) is 0 Å². The van der Waals surface area contributed by atoms with Crippen LogP contribution in [0, 0.1) is 13.8 Å². The van der Waals surface area contributed by atoms with Crippen LogP contribution >= 0.6 is 0 Å². The van der Waals surface area contributed by atoms with Gasteiger partial charge in [-0.2, -0.15) is 0 Å². The summed E-state index contributed by atoms with van der Waals surface area (Å²) < 4.78 is 10.9. The largest absolute Gasteiger partial charge is 0.466 e. The molecule has 5 heteroatoms. The van der Waals surface area contributed by atoms with Crippen molar-refractivity contribution in [2.45, 2.75) is 51.7 Å². The van der Waals surface area contributed by atoms with E-state index in [4.69, 9.17) is 9.15 Å². The highest BCUT2D eigenvalue weighted by atomic mass is 16.5. The van der Waals surface area contributed by atoms with Gasteiger partial charge in [-0.25, -0.2) is 0 Å². The molecule has 23 heavy (non-hydrogen) atoms. The minimum Gasteiger partial charge on any atom is -0.466 e. The first-order valence-electron chi connectivity index (χ1n) is 8.71. The SMILES string of the molecule is COC1CCN(C2CCN(C(=O)c3cc(C)oc3C)CC2)CC1. The van der Waals surface area contributed by atoms with E-state index in [1.165, 1.54) is 0 Å². The molecule has 5 nitrogen and oxygen atoms in total. The molecule has 2 aliphatic heterocycles. The molecule has 0 aromatic carbocycles. The normalized spacial score (nSPS) is 21.8. The summed E-state index contributed by atoms with van der Waals surface area (Å²) in [5.74, 6) is 1.66. The van der Waals surface area contributed by atoms with Crippen LogP contribution in [0.5, 0.6) is 0 Å². The molecule has 3 heterocycles. The molecule has 128 valence electrons. The van der Waals surface area contributed by atoms with Gasteiger partial charge >= 0.3 is 0 Å². The maximum Gasteiger partial charge on any atom is 0.257 e. The van der Waals surface area contributed by atoms with Crippen LogP contribution in [0.25, 0.3) is 0 Å². The number of amides is 1. The van der Waals surface area contributed by atoms with E-state index in [1.807, 2.05) is 31.9 Å². The Bertz CT molecular complexity index is 538. The van der Waals surface area contributed by atoms with Gasteiger partial charge in [0.2, 0.25) is 0 Å². The second kappa shape index (κ2) is 7.05. The van der Waals surface area contributed by atoms with E-state index in [-0.39, 0.29) is 5.91 Å². The predicted molar refractivity (Wildman–Crippen MR) is 88.7 cm³/mol. The maximum absolute atomic E-state index is 12.6. The van der Waals surface area contributed by atoms with E-state index in [1.54, 1.807) is 0 Å². The van der Waals surface area contributed by atoms with Crippen LogP contribution in [-0.4, -0.2) is 61.1 Å². The van der Waals surface area contributed by atoms with Gasteiger partial charge in [0.25, 0.3) is 5.91 Å². The van der Waals surface area contributed by atoms with Crippen LogP contribution in [0.3, 0.4) is 0 Å². The monoisotopic (exact) mass is 320 g/mol. The molecular weight excluding hydrogens is 292 g/mol. The van der Waals surface area contributed by atoms with Crippen molar-refractivity contribution in [1.82, 2.24) is 9.80 Å². The topological polar surface area (TPSA) is 45.9 Å². The van der Waals surface area contributed by atoms with Crippen LogP contribution in [0.1, 0.15) is 47.6 Å². The van der Waals surface area contributed by atoms with Crippen LogP contribution in [0.4, 0.5) is 0 Å². The number of nitrogens with zero attached hydrogens (tertiary/aromatic N) is 2. The number of piperidine rings is 2. The molecule has 0 atom stereocenters. The summed E-state index contributed by atoms with van der Waals surface area (Å²) in [6, 6.07) is 2.48. The third-order valence-electron chi connectivity index (χ3n) is 5.35. The number of ether oxygens (including phenoxy) is 1. The molecular formula is C18H28N2O3. The van der Waals surface area contributed by atoms with Crippen molar-refractivity contribution < 1.29 is 13.9 Å². The standard InChI is InChI=1S/C18H28N2O3/c1-13-12-17(14(2)23-13)18(21)20-8-4-15(5-9-20)19-10-6-16(22-3)7-11-19/h12,15-16H,4-11H2,1-3H3. The summed E-state index contributed by atoms with van der Waals surface area (Å²) in [7, 11) is 1.81. The Hall–Kier alpha value is -1.33. The van der Waals surface area contributed by atoms with Crippen molar-refractivity contribution in [2.75, 3.05) is 33.3 Å². The minimum absolute atomic E-state index is 0.121. The fraction of sp³-hybridized carbons (Fsp3) is 0.722. The molecule has 2 saturated heterocycles. The molecule has 1 aromatic heterocycles. The van der Waals surface area contributed by atoms with Gasteiger partial charge in [0, 0.05) is 39.3 Å². The molecule has 0 bridgehead atoms. The highest BCUT2D eigenvalue weighted by Gasteiger charge is 2.30. The zero-order chi connectivity index (χ0) is 16.4. The van der Waals surface area contributed by atoms with Crippen molar-refractivity contribution in [3.63, 3.8) is 0 Å². The first-order valence-corrected chi connectivity index (χ1v) is 8.71. The van der Waals surface area contributed by atoms with E-state index in [0.717, 1.165) is 68.9 Å². The molecule has 0 N–H and O–H groups in total. The number of likely N-dealkylation sites (tertiary alicyclic amines) is 2. The zero-order valence-corrected chi connectivity index (χ0v) is 14.5. The van der Waals surface area contributed by atoms with Gasteiger partial charge in [0.05, 0.1) is 11.7 Å². The average molecular weight is 320 g/mol. The van der Waals surface area contributed by atoms with E-state index >= 15 is 0 Å². The van der Waals surface area contributed by atoms with Crippen molar-refractivity contribution >= 4 is 5.91 Å². The first kappa shape index (κ1) is 16.5. The smallest absolute Gasteiger partial charge is 0.257 e. The van der Waals surface area contributed by atoms with Gasteiger partial charge < -0.3 is 19.0 Å². The Balaban J connectivity index is 1.52. The Kier molecular flexibility index (Phi) is 5.07. The molecule has 2 aliphatic rings. The zero-order valence-electron chi connectivity index (χ0n) is 14.5. The maximum atomic E-state index is 12.6. The lowest BCUT2D eigenvalue weighted by Crippen LogP contribution is -2.49. The van der Waals surface area contributed by atoms with Crippen molar-refractivity contribution in [3.05, 3.63) is 23.2 Å². The Morgan fingerprint density at radius 1 is 1.13 bits per heavy atom. The van der Waals surface area contributed by atoms with Crippen molar-refractivity contribution in [1.29, 1.82) is 0 Å². The summed E-state index contributed by atoms with van der Waals surface area (Å²) in [6.07, 6.45) is 4.82. The van der Waals surface area contributed by atoms with Gasteiger partial charge in [0.1, 0.15) is 11.5 Å². The first-order chi connectivity index (χ1) is 11.1. The van der Waals surface area contributed by atoms with Gasteiger partial charge in [-0.05, 0) is 45.6 Å². The number of furan rings is 1. The average Bonchev–Trinajstić information content (AvgIpc) is 2.93. The molecule has 0 spiro atoms. The van der Waals surface area contributed by atoms with E-state index < -0.39 is 0 Å². The molecule has 1 aromatic rings. The number of methoxy groups -OCH3 is 1.